The number of hydrogen-bond donors (Lipinski definition) is 1. The van der Waals surface area contributed by atoms with Crippen molar-refractivity contribution < 1.29 is 14.1 Å². The van der Waals surface area contributed by atoms with Gasteiger partial charge >= 0.3 is 5.69 Å². The second kappa shape index (κ2) is 5.11. The number of nitrogens with two attached hydrogens (primary N) is 1. The van der Waals surface area contributed by atoms with Gasteiger partial charge in [0.25, 0.3) is 0 Å². The fourth-order valence-electron chi connectivity index (χ4n) is 1.45. The molecule has 0 fully saturated rings. The zero-order valence-corrected chi connectivity index (χ0v) is 10.2. The van der Waals surface area contributed by atoms with Crippen LogP contribution in [0.4, 0.5) is 15.8 Å². The molecule has 2 N–H and O–H groups in total. The van der Waals surface area contributed by atoms with Gasteiger partial charge in [-0.05, 0) is 12.1 Å². The van der Waals surface area contributed by atoms with Crippen molar-refractivity contribution in [3.05, 3.63) is 57.4 Å². The van der Waals surface area contributed by atoms with Crippen molar-refractivity contribution in [3.8, 4) is 11.5 Å². The fourth-order valence-corrected chi connectivity index (χ4v) is 1.61. The summed E-state index contributed by atoms with van der Waals surface area (Å²) in [5.74, 6) is -0.770. The van der Waals surface area contributed by atoms with Gasteiger partial charge in [-0.3, -0.25) is 10.1 Å². The van der Waals surface area contributed by atoms with Crippen molar-refractivity contribution in [2.75, 3.05) is 5.73 Å². The quantitative estimate of drug-likeness (QED) is 0.528. The number of halogens is 2. The van der Waals surface area contributed by atoms with Crippen LogP contribution in [0.5, 0.6) is 11.5 Å². The smallest absolute Gasteiger partial charge is 0.313 e. The number of nitro groups is 1. The zero-order chi connectivity index (χ0) is 14.0. The third kappa shape index (κ3) is 2.92. The monoisotopic (exact) mass is 282 g/mol. The maximum atomic E-state index is 13.3. The summed E-state index contributed by atoms with van der Waals surface area (Å²) >= 11 is 5.50. The Morgan fingerprint density at radius 1 is 1.32 bits per heavy atom. The maximum Gasteiger partial charge on any atom is 0.313 e. The molecule has 0 spiro atoms. The predicted octanol–water partition coefficient (Wildman–Crippen LogP) is 3.76. The van der Waals surface area contributed by atoms with E-state index in [0.717, 1.165) is 12.1 Å². The lowest BCUT2D eigenvalue weighted by Gasteiger charge is -2.07. The van der Waals surface area contributed by atoms with E-state index in [1.165, 1.54) is 6.07 Å². The molecular formula is C12H8ClFN2O3. The number of nitro benzene ring substituents is 1. The average Bonchev–Trinajstić information content (AvgIpc) is 2.33. The minimum absolute atomic E-state index is 0.238. The Labute approximate surface area is 112 Å². The minimum atomic E-state index is -0.800. The first-order valence-electron chi connectivity index (χ1n) is 5.14. The van der Waals surface area contributed by atoms with Crippen molar-refractivity contribution in [2.24, 2.45) is 0 Å². The number of ether oxygens (including phenoxy) is 1. The molecule has 0 aliphatic carbocycles. The van der Waals surface area contributed by atoms with Gasteiger partial charge in [-0.15, -0.1) is 0 Å². The highest BCUT2D eigenvalue weighted by Crippen LogP contribution is 2.35. The molecule has 0 saturated carbocycles. The van der Waals surface area contributed by atoms with E-state index in [-0.39, 0.29) is 16.5 Å². The molecule has 2 aromatic carbocycles. The topological polar surface area (TPSA) is 78.4 Å². The molecular weight excluding hydrogens is 275 g/mol. The molecule has 98 valence electrons. The van der Waals surface area contributed by atoms with Gasteiger partial charge < -0.3 is 10.5 Å². The predicted molar refractivity (Wildman–Crippen MR) is 69.0 cm³/mol. The lowest BCUT2D eigenvalue weighted by molar-refractivity contribution is -0.385. The molecule has 0 aliphatic heterocycles. The van der Waals surface area contributed by atoms with Gasteiger partial charge in [-0.2, -0.15) is 0 Å². The van der Waals surface area contributed by atoms with Crippen LogP contribution in [0.25, 0.3) is 0 Å². The van der Waals surface area contributed by atoms with E-state index in [2.05, 4.69) is 0 Å². The van der Waals surface area contributed by atoms with Gasteiger partial charge in [0.15, 0.2) is 0 Å². The van der Waals surface area contributed by atoms with Gasteiger partial charge in [-0.1, -0.05) is 17.7 Å². The fraction of sp³-hybridized carbons (Fsp3) is 0. The van der Waals surface area contributed by atoms with Crippen LogP contribution >= 0.6 is 11.6 Å². The molecule has 0 radical (unpaired) electrons. The summed E-state index contributed by atoms with van der Waals surface area (Å²) in [6.07, 6.45) is 0. The second-order valence-corrected chi connectivity index (χ2v) is 4.07. The summed E-state index contributed by atoms with van der Waals surface area (Å²) in [4.78, 5) is 10.2. The van der Waals surface area contributed by atoms with Gasteiger partial charge in [0.1, 0.15) is 11.6 Å². The standard InChI is InChI=1S/C12H8ClFN2O3/c13-9-5-11(16(17)18)12(6-10(9)14)19-8-3-1-2-7(15)4-8/h1-6H,15H2. The summed E-state index contributed by atoms with van der Waals surface area (Å²) in [7, 11) is 0. The van der Waals surface area contributed by atoms with Crippen LogP contribution in [0.1, 0.15) is 0 Å². The number of benzene rings is 2. The minimum Gasteiger partial charge on any atom is -0.450 e. The molecule has 7 heteroatoms. The van der Waals surface area contributed by atoms with E-state index < -0.39 is 16.4 Å². The lowest BCUT2D eigenvalue weighted by Crippen LogP contribution is -1.95. The molecule has 0 atom stereocenters. The van der Waals surface area contributed by atoms with Crippen LogP contribution in [-0.2, 0) is 0 Å². The van der Waals surface area contributed by atoms with Crippen LogP contribution in [0, 0.1) is 15.9 Å². The molecule has 19 heavy (non-hydrogen) atoms. The van der Waals surface area contributed by atoms with Gasteiger partial charge in [0, 0.05) is 23.9 Å². The van der Waals surface area contributed by atoms with Crippen molar-refractivity contribution in [1.82, 2.24) is 0 Å². The summed E-state index contributed by atoms with van der Waals surface area (Å²) in [5.41, 5.74) is 5.56. The van der Waals surface area contributed by atoms with E-state index in [0.29, 0.717) is 5.69 Å². The number of nitrogens with zero attached hydrogens (tertiary/aromatic N) is 1. The summed E-state index contributed by atoms with van der Waals surface area (Å²) in [6.45, 7) is 0. The summed E-state index contributed by atoms with van der Waals surface area (Å²) < 4.78 is 18.6. The molecule has 0 aliphatic rings. The highest BCUT2D eigenvalue weighted by molar-refractivity contribution is 6.31. The van der Waals surface area contributed by atoms with E-state index in [4.69, 9.17) is 22.1 Å². The van der Waals surface area contributed by atoms with Crippen LogP contribution in [0.2, 0.25) is 5.02 Å². The highest BCUT2D eigenvalue weighted by atomic mass is 35.5. The van der Waals surface area contributed by atoms with Crippen molar-refractivity contribution in [1.29, 1.82) is 0 Å². The van der Waals surface area contributed by atoms with E-state index in [1.54, 1.807) is 18.2 Å². The number of hydrogen-bond acceptors (Lipinski definition) is 4. The lowest BCUT2D eigenvalue weighted by atomic mass is 10.2. The van der Waals surface area contributed by atoms with E-state index >= 15 is 0 Å². The Kier molecular flexibility index (Phi) is 3.52. The Morgan fingerprint density at radius 2 is 2.05 bits per heavy atom. The second-order valence-electron chi connectivity index (χ2n) is 3.67. The molecule has 0 heterocycles. The molecule has 0 bridgehead atoms. The molecule has 0 aromatic heterocycles. The molecule has 5 nitrogen and oxygen atoms in total. The summed E-state index contributed by atoms with van der Waals surface area (Å²) in [5, 5.41) is 10.5. The van der Waals surface area contributed by atoms with Crippen LogP contribution in [0.15, 0.2) is 36.4 Å². The normalized spacial score (nSPS) is 10.2. The van der Waals surface area contributed by atoms with Crippen LogP contribution in [0.3, 0.4) is 0 Å². The zero-order valence-electron chi connectivity index (χ0n) is 9.47. The average molecular weight is 283 g/mol. The number of anilines is 1. The summed E-state index contributed by atoms with van der Waals surface area (Å²) in [6, 6.07) is 8.03. The van der Waals surface area contributed by atoms with E-state index in [9.17, 15) is 14.5 Å². The number of nitrogen functional groups attached to an aromatic ring is 1. The van der Waals surface area contributed by atoms with Crippen molar-refractivity contribution >= 4 is 23.0 Å². The number of rotatable bonds is 3. The largest absolute Gasteiger partial charge is 0.450 e. The van der Waals surface area contributed by atoms with Gasteiger partial charge in [0.05, 0.1) is 9.95 Å². The third-order valence-electron chi connectivity index (χ3n) is 2.28. The highest BCUT2D eigenvalue weighted by Gasteiger charge is 2.19. The molecule has 0 saturated heterocycles. The maximum absolute atomic E-state index is 13.3. The van der Waals surface area contributed by atoms with Crippen molar-refractivity contribution in [2.45, 2.75) is 0 Å². The Hall–Kier alpha value is -2.34. The van der Waals surface area contributed by atoms with Crippen molar-refractivity contribution in [3.63, 3.8) is 0 Å². The SMILES string of the molecule is Nc1cccc(Oc2cc(F)c(Cl)cc2[N+](=O)[O-])c1. The molecule has 0 amide bonds. The van der Waals surface area contributed by atoms with Crippen LogP contribution < -0.4 is 10.5 Å². The Bertz CT molecular complexity index is 649. The van der Waals surface area contributed by atoms with Gasteiger partial charge in [0.2, 0.25) is 5.75 Å². The first-order valence-corrected chi connectivity index (χ1v) is 5.52. The van der Waals surface area contributed by atoms with E-state index in [1.807, 2.05) is 0 Å². The first-order chi connectivity index (χ1) is 8.97. The van der Waals surface area contributed by atoms with Gasteiger partial charge in [-0.25, -0.2) is 4.39 Å². The molecule has 0 unspecified atom stereocenters. The third-order valence-corrected chi connectivity index (χ3v) is 2.57. The molecule has 2 rings (SSSR count). The Morgan fingerprint density at radius 3 is 2.68 bits per heavy atom. The van der Waals surface area contributed by atoms with Crippen LogP contribution in [-0.4, -0.2) is 4.92 Å². The first kappa shape index (κ1) is 13.1. The molecule has 2 aromatic rings. The Balaban J connectivity index is 2.44.